The van der Waals surface area contributed by atoms with Crippen LogP contribution in [-0.2, 0) is 16.3 Å². The molecule has 0 atom stereocenters. The Kier molecular flexibility index (Phi) is 6.28. The molecule has 0 N–H and O–H groups in total. The number of piperidine rings is 1. The summed E-state index contributed by atoms with van der Waals surface area (Å²) < 4.78 is 0. The van der Waals surface area contributed by atoms with Crippen molar-refractivity contribution in [3.8, 4) is 0 Å². The van der Waals surface area contributed by atoms with Crippen LogP contribution in [0.2, 0.25) is 0 Å². The van der Waals surface area contributed by atoms with Gasteiger partial charge in [-0.1, -0.05) is 0 Å². The first-order chi connectivity index (χ1) is 6.97. The number of anilines is 1. The van der Waals surface area contributed by atoms with Crippen LogP contribution in [0, 0.1) is 6.07 Å². The van der Waals surface area contributed by atoms with E-state index in [1.54, 1.807) is 12.4 Å². The Morgan fingerprint density at radius 2 is 1.71 bits per heavy atom. The third-order valence-electron chi connectivity index (χ3n) is 2.15. The van der Waals surface area contributed by atoms with Crippen LogP contribution in [0.5, 0.6) is 0 Å². The molecule has 1 aromatic heterocycles. The average molecular weight is 308 g/mol. The topological polar surface area (TPSA) is 29.0 Å². The van der Waals surface area contributed by atoms with Gasteiger partial charge in [0.1, 0.15) is 0 Å². The standard InChI is InChI=1S/C9H12N3.BrH.Zn/c1-2-7-12(8-3-1)9-10-5-4-6-11-9;;/h5-6H,1-3,7-8H2;1H;/q-1;;+2/p-1. The molecular formula is C9H12BrN3Zn. The van der Waals surface area contributed by atoms with Crippen molar-refractivity contribution in [2.45, 2.75) is 19.3 Å². The molecule has 0 unspecified atom stereocenters. The van der Waals surface area contributed by atoms with E-state index in [0.29, 0.717) is 0 Å². The Hall–Kier alpha value is -0.0166. The van der Waals surface area contributed by atoms with Crippen LogP contribution in [-0.4, -0.2) is 23.1 Å². The van der Waals surface area contributed by atoms with Gasteiger partial charge in [-0.25, -0.2) is 0 Å². The van der Waals surface area contributed by atoms with Gasteiger partial charge in [0.2, 0.25) is 5.95 Å². The quantitative estimate of drug-likeness (QED) is 0.588. The van der Waals surface area contributed by atoms with Gasteiger partial charge in [0.05, 0.1) is 0 Å². The van der Waals surface area contributed by atoms with E-state index >= 15 is 0 Å². The van der Waals surface area contributed by atoms with Crippen molar-refractivity contribution in [1.29, 1.82) is 0 Å². The van der Waals surface area contributed by atoms with Crippen LogP contribution in [0.1, 0.15) is 19.3 Å². The van der Waals surface area contributed by atoms with Crippen molar-refractivity contribution < 1.29 is 16.3 Å². The van der Waals surface area contributed by atoms with Crippen molar-refractivity contribution >= 4 is 19.6 Å². The summed E-state index contributed by atoms with van der Waals surface area (Å²) in [5, 5.41) is 0. The predicted molar refractivity (Wildman–Crippen MR) is 55.9 cm³/mol. The third kappa shape index (κ3) is 3.62. The second kappa shape index (κ2) is 7.30. The van der Waals surface area contributed by atoms with E-state index in [-0.39, 0.29) is 0 Å². The van der Waals surface area contributed by atoms with Gasteiger partial charge in [0.25, 0.3) is 0 Å². The van der Waals surface area contributed by atoms with Crippen LogP contribution < -0.4 is 4.90 Å². The molecule has 0 aromatic carbocycles. The van der Waals surface area contributed by atoms with E-state index in [2.05, 4.69) is 34.6 Å². The second-order valence-corrected chi connectivity index (χ2v) is 3.03. The van der Waals surface area contributed by atoms with Gasteiger partial charge in [0.15, 0.2) is 0 Å². The molecule has 1 aliphatic heterocycles. The summed E-state index contributed by atoms with van der Waals surface area (Å²) in [5.74, 6) is 0.855. The molecule has 0 amide bonds. The van der Waals surface area contributed by atoms with Crippen molar-refractivity contribution in [3.05, 3.63) is 18.5 Å². The summed E-state index contributed by atoms with van der Waals surface area (Å²) in [7, 11) is 0. The van der Waals surface area contributed by atoms with Crippen LogP contribution in [0.25, 0.3) is 0 Å². The van der Waals surface area contributed by atoms with Gasteiger partial charge in [-0.3, -0.25) is 9.97 Å². The molecule has 0 spiro atoms. The number of hydrogen-bond donors (Lipinski definition) is 0. The monoisotopic (exact) mass is 305 g/mol. The van der Waals surface area contributed by atoms with E-state index in [9.17, 15) is 0 Å². The van der Waals surface area contributed by atoms with E-state index in [0.717, 1.165) is 19.0 Å². The van der Waals surface area contributed by atoms with Gasteiger partial charge in [0, 0.05) is 13.1 Å². The van der Waals surface area contributed by atoms with E-state index in [4.69, 9.17) is 0 Å². The Morgan fingerprint density at radius 3 is 2.29 bits per heavy atom. The predicted octanol–water partition coefficient (Wildman–Crippen LogP) is 2.11. The molecule has 3 nitrogen and oxygen atoms in total. The molecule has 1 aliphatic rings. The van der Waals surface area contributed by atoms with Gasteiger partial charge in [-0.2, -0.15) is 0 Å². The summed E-state index contributed by atoms with van der Waals surface area (Å²) in [6.07, 6.45) is 7.23. The first kappa shape index (κ1) is 12.1. The van der Waals surface area contributed by atoms with Gasteiger partial charge < -0.3 is 11.0 Å². The molecule has 2 heterocycles. The first-order valence-electron chi connectivity index (χ1n) is 4.66. The molecule has 0 bridgehead atoms. The molecule has 2 rings (SSSR count). The molecule has 0 radical (unpaired) electrons. The average Bonchev–Trinajstić information content (AvgIpc) is 2.34. The summed E-state index contributed by atoms with van der Waals surface area (Å²) in [4.78, 5) is 10.6. The molecule has 1 saturated heterocycles. The molecule has 14 heavy (non-hydrogen) atoms. The fourth-order valence-electron chi connectivity index (χ4n) is 1.51. The van der Waals surface area contributed by atoms with Crippen LogP contribution >= 0.6 is 13.6 Å². The molecule has 1 fully saturated rings. The van der Waals surface area contributed by atoms with Crippen molar-refractivity contribution in [2.75, 3.05) is 18.0 Å². The Bertz CT molecular complexity index is 239. The Morgan fingerprint density at radius 1 is 1.14 bits per heavy atom. The number of halogens is 1. The first-order valence-corrected chi connectivity index (χ1v) is 11.6. The van der Waals surface area contributed by atoms with Gasteiger partial charge >= 0.3 is 30.0 Å². The maximum atomic E-state index is 4.16. The number of nitrogens with zero attached hydrogens (tertiary/aromatic N) is 3. The van der Waals surface area contributed by atoms with Gasteiger partial charge in [-0.05, 0) is 19.3 Å². The Balaban J connectivity index is 0.000000461. The zero-order valence-electron chi connectivity index (χ0n) is 8.12. The second-order valence-electron chi connectivity index (χ2n) is 3.03. The third-order valence-corrected chi connectivity index (χ3v) is 2.15. The minimum atomic E-state index is 0.855. The molecule has 0 saturated carbocycles. The molecule has 5 heteroatoms. The SMILES string of the molecule is [Zn+][Br].[c-]1cnc(N2CCCCC2)nc1. The number of hydrogen-bond acceptors (Lipinski definition) is 3. The largest absolute Gasteiger partial charge is 0.434 e. The maximum absolute atomic E-state index is 4.16. The van der Waals surface area contributed by atoms with E-state index in [1.165, 1.54) is 35.6 Å². The summed E-state index contributed by atoms with van der Waals surface area (Å²) >= 11 is 4.25. The fourth-order valence-corrected chi connectivity index (χ4v) is 1.51. The zero-order valence-corrected chi connectivity index (χ0v) is 12.7. The normalized spacial score (nSPS) is 15.8. The van der Waals surface area contributed by atoms with Crippen molar-refractivity contribution in [1.82, 2.24) is 9.97 Å². The number of aromatic nitrogens is 2. The minimum Gasteiger partial charge on any atom is -0.434 e. The molecule has 1 aromatic rings. The summed E-state index contributed by atoms with van der Waals surface area (Å²) in [6, 6.07) is 2.82. The number of rotatable bonds is 1. The maximum Gasteiger partial charge on any atom is 0.219 e. The van der Waals surface area contributed by atoms with Crippen molar-refractivity contribution in [3.63, 3.8) is 0 Å². The van der Waals surface area contributed by atoms with Crippen molar-refractivity contribution in [2.24, 2.45) is 0 Å². The summed E-state index contributed by atoms with van der Waals surface area (Å²) in [6.45, 7) is 2.20. The minimum absolute atomic E-state index is 0.855. The molecule has 0 aliphatic carbocycles. The fraction of sp³-hybridized carbons (Fsp3) is 0.556. The van der Waals surface area contributed by atoms with Crippen LogP contribution in [0.4, 0.5) is 5.95 Å². The molecular weight excluding hydrogens is 295 g/mol. The van der Waals surface area contributed by atoms with Crippen LogP contribution in [0.3, 0.4) is 0 Å². The molecule has 72 valence electrons. The van der Waals surface area contributed by atoms with Gasteiger partial charge in [-0.15, -0.1) is 12.4 Å². The van der Waals surface area contributed by atoms with E-state index < -0.39 is 0 Å². The Labute approximate surface area is 101 Å². The summed E-state index contributed by atoms with van der Waals surface area (Å²) in [5.41, 5.74) is 0. The van der Waals surface area contributed by atoms with E-state index in [1.807, 2.05) is 0 Å². The zero-order chi connectivity index (χ0) is 10.2. The van der Waals surface area contributed by atoms with Crippen LogP contribution in [0.15, 0.2) is 12.4 Å². The smallest absolute Gasteiger partial charge is 0.219 e.